The van der Waals surface area contributed by atoms with Crippen molar-refractivity contribution in [1.29, 1.82) is 0 Å². The molecule has 5 nitrogen and oxygen atoms in total. The third-order valence-electron chi connectivity index (χ3n) is 4.75. The predicted octanol–water partition coefficient (Wildman–Crippen LogP) is 4.12. The summed E-state index contributed by atoms with van der Waals surface area (Å²) in [6, 6.07) is 12.9. The topological polar surface area (TPSA) is 63.7 Å². The molecular formula is C20H22ClNO4S. The average Bonchev–Trinajstić information content (AvgIpc) is 2.68. The number of halogens is 1. The maximum absolute atomic E-state index is 12.7. The summed E-state index contributed by atoms with van der Waals surface area (Å²) in [6.07, 6.45) is 1.74. The third kappa shape index (κ3) is 4.89. The van der Waals surface area contributed by atoms with E-state index < -0.39 is 16.0 Å². The molecule has 0 atom stereocenters. The highest BCUT2D eigenvalue weighted by Gasteiger charge is 2.28. The van der Waals surface area contributed by atoms with Crippen molar-refractivity contribution in [2.75, 3.05) is 13.1 Å². The van der Waals surface area contributed by atoms with Gasteiger partial charge in [-0.25, -0.2) is 13.2 Å². The molecule has 144 valence electrons. The van der Waals surface area contributed by atoms with Gasteiger partial charge in [0.2, 0.25) is 10.0 Å². The van der Waals surface area contributed by atoms with E-state index in [2.05, 4.69) is 6.92 Å². The largest absolute Gasteiger partial charge is 0.457 e. The molecule has 1 saturated heterocycles. The molecular weight excluding hydrogens is 386 g/mol. The first-order valence-electron chi connectivity index (χ1n) is 8.88. The van der Waals surface area contributed by atoms with Crippen molar-refractivity contribution >= 4 is 27.6 Å². The minimum absolute atomic E-state index is 0.127. The standard InChI is InChI=1S/C20H22ClNO4S/c1-15-10-12-22(13-11-15)27(24,25)19-8-4-17(5-9-19)20(23)26-14-16-2-6-18(21)7-3-16/h2-9,15H,10-14H2,1H3. The number of carbonyl (C=O) groups excluding carboxylic acids is 1. The molecule has 3 rings (SSSR count). The molecule has 0 spiro atoms. The van der Waals surface area contributed by atoms with Gasteiger partial charge in [0, 0.05) is 18.1 Å². The van der Waals surface area contributed by atoms with Crippen LogP contribution in [0.1, 0.15) is 35.7 Å². The molecule has 0 aromatic heterocycles. The summed E-state index contributed by atoms with van der Waals surface area (Å²) in [5.74, 6) is 0.0509. The van der Waals surface area contributed by atoms with E-state index in [9.17, 15) is 13.2 Å². The molecule has 2 aromatic carbocycles. The molecule has 0 radical (unpaired) electrons. The number of sulfonamides is 1. The van der Waals surface area contributed by atoms with Gasteiger partial charge in [-0.05, 0) is 60.7 Å². The van der Waals surface area contributed by atoms with Gasteiger partial charge in [0.25, 0.3) is 0 Å². The Hall–Kier alpha value is -1.89. The molecule has 0 bridgehead atoms. The van der Waals surface area contributed by atoms with Gasteiger partial charge in [0.15, 0.2) is 0 Å². The second kappa shape index (κ2) is 8.42. The van der Waals surface area contributed by atoms with E-state index in [1.54, 1.807) is 24.3 Å². The van der Waals surface area contributed by atoms with Crippen LogP contribution in [0.4, 0.5) is 0 Å². The predicted molar refractivity (Wildman–Crippen MR) is 104 cm³/mol. The van der Waals surface area contributed by atoms with E-state index in [4.69, 9.17) is 16.3 Å². The van der Waals surface area contributed by atoms with Gasteiger partial charge in [-0.1, -0.05) is 30.7 Å². The molecule has 0 aliphatic carbocycles. The Morgan fingerprint density at radius 2 is 1.67 bits per heavy atom. The van der Waals surface area contributed by atoms with Crippen LogP contribution in [-0.2, 0) is 21.4 Å². The van der Waals surface area contributed by atoms with Crippen LogP contribution >= 0.6 is 11.6 Å². The monoisotopic (exact) mass is 407 g/mol. The Morgan fingerprint density at radius 1 is 1.07 bits per heavy atom. The lowest BCUT2D eigenvalue weighted by molar-refractivity contribution is 0.0472. The van der Waals surface area contributed by atoms with Crippen LogP contribution in [0.2, 0.25) is 5.02 Å². The second-order valence-electron chi connectivity index (χ2n) is 6.81. The smallest absolute Gasteiger partial charge is 0.338 e. The molecule has 0 N–H and O–H groups in total. The van der Waals surface area contributed by atoms with Crippen LogP contribution < -0.4 is 0 Å². The molecule has 1 aliphatic rings. The summed E-state index contributed by atoms with van der Waals surface area (Å²) < 4.78 is 32.2. The number of hydrogen-bond donors (Lipinski definition) is 0. The average molecular weight is 408 g/mol. The minimum Gasteiger partial charge on any atom is -0.457 e. The maximum Gasteiger partial charge on any atom is 0.338 e. The van der Waals surface area contributed by atoms with Crippen LogP contribution in [0.15, 0.2) is 53.4 Å². The van der Waals surface area contributed by atoms with E-state index in [1.807, 2.05) is 0 Å². The fourth-order valence-electron chi connectivity index (χ4n) is 2.95. The second-order valence-corrected chi connectivity index (χ2v) is 9.19. The van der Waals surface area contributed by atoms with Crippen molar-refractivity contribution in [3.63, 3.8) is 0 Å². The lowest BCUT2D eigenvalue weighted by atomic mass is 10.0. The maximum atomic E-state index is 12.7. The van der Waals surface area contributed by atoms with Crippen molar-refractivity contribution in [3.8, 4) is 0 Å². The van der Waals surface area contributed by atoms with E-state index >= 15 is 0 Å². The van der Waals surface area contributed by atoms with E-state index in [0.717, 1.165) is 18.4 Å². The first-order valence-corrected chi connectivity index (χ1v) is 10.7. The fourth-order valence-corrected chi connectivity index (χ4v) is 4.55. The van der Waals surface area contributed by atoms with Crippen molar-refractivity contribution in [1.82, 2.24) is 4.31 Å². The zero-order valence-electron chi connectivity index (χ0n) is 15.1. The highest BCUT2D eigenvalue weighted by Crippen LogP contribution is 2.23. The number of hydrogen-bond acceptors (Lipinski definition) is 4. The van der Waals surface area contributed by atoms with E-state index in [0.29, 0.717) is 29.6 Å². The molecule has 0 saturated carbocycles. The summed E-state index contributed by atoms with van der Waals surface area (Å²) in [6.45, 7) is 3.33. The number of ether oxygens (including phenoxy) is 1. The first-order chi connectivity index (χ1) is 12.9. The Kier molecular flexibility index (Phi) is 6.19. The van der Waals surface area contributed by atoms with Gasteiger partial charge in [-0.3, -0.25) is 0 Å². The van der Waals surface area contributed by atoms with Crippen molar-refractivity contribution < 1.29 is 17.9 Å². The number of carbonyl (C=O) groups is 1. The Bertz CT molecular complexity index is 887. The summed E-state index contributed by atoms with van der Waals surface area (Å²) in [5.41, 5.74) is 1.14. The first kappa shape index (κ1) is 19.9. The van der Waals surface area contributed by atoms with Gasteiger partial charge in [-0.2, -0.15) is 4.31 Å². The molecule has 0 amide bonds. The highest BCUT2D eigenvalue weighted by atomic mass is 35.5. The minimum atomic E-state index is -3.52. The summed E-state index contributed by atoms with van der Waals surface area (Å²) in [5, 5.41) is 0.616. The van der Waals surface area contributed by atoms with Crippen LogP contribution in [0.3, 0.4) is 0 Å². The lowest BCUT2D eigenvalue weighted by Crippen LogP contribution is -2.37. The summed E-state index contributed by atoms with van der Waals surface area (Å²) in [4.78, 5) is 12.4. The number of piperidine rings is 1. The van der Waals surface area contributed by atoms with Crippen LogP contribution in [0.25, 0.3) is 0 Å². The van der Waals surface area contributed by atoms with Gasteiger partial charge in [-0.15, -0.1) is 0 Å². The summed E-state index contributed by atoms with van der Waals surface area (Å²) in [7, 11) is -3.52. The van der Waals surface area contributed by atoms with Crippen molar-refractivity contribution in [2.45, 2.75) is 31.3 Å². The number of rotatable bonds is 5. The zero-order chi connectivity index (χ0) is 19.4. The third-order valence-corrected chi connectivity index (χ3v) is 6.92. The normalized spacial score (nSPS) is 16.2. The van der Waals surface area contributed by atoms with Gasteiger partial charge in [0.1, 0.15) is 6.61 Å². The zero-order valence-corrected chi connectivity index (χ0v) is 16.7. The quantitative estimate of drug-likeness (QED) is 0.699. The molecule has 0 unspecified atom stereocenters. The van der Waals surface area contributed by atoms with Crippen molar-refractivity contribution in [2.24, 2.45) is 5.92 Å². The molecule has 27 heavy (non-hydrogen) atoms. The Labute approximate surface area is 165 Å². The van der Waals surface area contributed by atoms with Gasteiger partial charge < -0.3 is 4.74 Å². The summed E-state index contributed by atoms with van der Waals surface area (Å²) >= 11 is 5.82. The highest BCUT2D eigenvalue weighted by molar-refractivity contribution is 7.89. The lowest BCUT2D eigenvalue weighted by Gasteiger charge is -2.29. The van der Waals surface area contributed by atoms with E-state index in [1.165, 1.54) is 28.6 Å². The van der Waals surface area contributed by atoms with Gasteiger partial charge >= 0.3 is 5.97 Å². The van der Waals surface area contributed by atoms with Crippen LogP contribution in [0, 0.1) is 5.92 Å². The Morgan fingerprint density at radius 3 is 2.26 bits per heavy atom. The molecule has 2 aromatic rings. The van der Waals surface area contributed by atoms with Crippen LogP contribution in [-0.4, -0.2) is 31.8 Å². The molecule has 1 fully saturated rings. The SMILES string of the molecule is CC1CCN(S(=O)(=O)c2ccc(C(=O)OCc3ccc(Cl)cc3)cc2)CC1. The number of esters is 1. The molecule has 1 aliphatic heterocycles. The van der Waals surface area contributed by atoms with E-state index in [-0.39, 0.29) is 11.5 Å². The number of nitrogens with zero attached hydrogens (tertiary/aromatic N) is 1. The molecule has 1 heterocycles. The Balaban J connectivity index is 1.63. The van der Waals surface area contributed by atoms with Crippen LogP contribution in [0.5, 0.6) is 0 Å². The fraction of sp³-hybridized carbons (Fsp3) is 0.350. The van der Waals surface area contributed by atoms with Gasteiger partial charge in [0.05, 0.1) is 10.5 Å². The molecule has 7 heteroatoms. The number of benzene rings is 2. The van der Waals surface area contributed by atoms with Crippen molar-refractivity contribution in [3.05, 3.63) is 64.7 Å².